The van der Waals surface area contributed by atoms with E-state index < -0.39 is 34.2 Å². The smallest absolute Gasteiger partial charge is 0.407 e. The Kier molecular flexibility index (Phi) is 8.68. The van der Waals surface area contributed by atoms with Crippen LogP contribution >= 0.6 is 0 Å². The van der Waals surface area contributed by atoms with Gasteiger partial charge in [-0.25, -0.2) is 4.79 Å². The van der Waals surface area contributed by atoms with E-state index >= 15 is 0 Å². The Hall–Kier alpha value is -2.67. The summed E-state index contributed by atoms with van der Waals surface area (Å²) in [5.41, 5.74) is 1.86. The van der Waals surface area contributed by atoms with Gasteiger partial charge in [-0.2, -0.15) is 0 Å². The van der Waals surface area contributed by atoms with Crippen LogP contribution in [0.25, 0.3) is 0 Å². The molecule has 0 saturated carbocycles. The fraction of sp³-hybridized carbons (Fsp3) is 0.333. The Labute approximate surface area is 167 Å². The number of esters is 1. The molecular formula is C21H25NO5S. The number of nitrogens with one attached hydrogen (secondary N) is 1. The average molecular weight is 404 g/mol. The lowest BCUT2D eigenvalue weighted by Gasteiger charge is -2.20. The van der Waals surface area contributed by atoms with Crippen molar-refractivity contribution in [3.8, 4) is 0 Å². The van der Waals surface area contributed by atoms with E-state index in [0.717, 1.165) is 11.1 Å². The van der Waals surface area contributed by atoms with Crippen LogP contribution in [-0.2, 0) is 38.1 Å². The Bertz CT molecular complexity index is 782. The van der Waals surface area contributed by atoms with Crippen molar-refractivity contribution in [1.29, 1.82) is 0 Å². The number of ether oxygens (including phenoxy) is 2. The van der Waals surface area contributed by atoms with Crippen LogP contribution < -0.4 is 5.32 Å². The zero-order valence-corrected chi connectivity index (χ0v) is 16.8. The summed E-state index contributed by atoms with van der Waals surface area (Å²) in [6.07, 6.45) is -0.117. The molecule has 28 heavy (non-hydrogen) atoms. The van der Waals surface area contributed by atoms with Crippen LogP contribution in [0.15, 0.2) is 60.7 Å². The highest BCUT2D eigenvalue weighted by molar-refractivity contribution is 7.86. The summed E-state index contributed by atoms with van der Waals surface area (Å²) >= 11 is 0. The second kappa shape index (κ2) is 11.2. The van der Waals surface area contributed by atoms with E-state index in [2.05, 4.69) is 10.1 Å². The lowest BCUT2D eigenvalue weighted by molar-refractivity contribution is -0.139. The van der Waals surface area contributed by atoms with E-state index in [4.69, 9.17) is 4.74 Å². The number of hydrogen-bond donors (Lipinski definition) is 1. The maximum Gasteiger partial charge on any atom is 0.407 e. The number of carbonyl (C=O) groups is 2. The molecule has 0 aliphatic heterocycles. The van der Waals surface area contributed by atoms with Crippen LogP contribution in [0.5, 0.6) is 0 Å². The highest BCUT2D eigenvalue weighted by atomic mass is 32.2. The molecule has 0 saturated heterocycles. The first-order chi connectivity index (χ1) is 13.5. The molecule has 6 nitrogen and oxygen atoms in total. The van der Waals surface area contributed by atoms with E-state index in [1.54, 1.807) is 6.92 Å². The predicted octanol–water partition coefficient (Wildman–Crippen LogP) is 2.83. The number of benzene rings is 2. The molecule has 0 spiro atoms. The van der Waals surface area contributed by atoms with E-state index in [0.29, 0.717) is 6.42 Å². The quantitative estimate of drug-likeness (QED) is 0.651. The van der Waals surface area contributed by atoms with Gasteiger partial charge in [0.1, 0.15) is 11.9 Å². The van der Waals surface area contributed by atoms with Crippen molar-refractivity contribution in [1.82, 2.24) is 5.32 Å². The first-order valence-corrected chi connectivity index (χ1v) is 10.3. The Morgan fingerprint density at radius 2 is 1.57 bits per heavy atom. The number of rotatable bonds is 9. The van der Waals surface area contributed by atoms with Crippen molar-refractivity contribution in [3.05, 3.63) is 71.8 Å². The lowest BCUT2D eigenvalue weighted by atomic mass is 10.1. The number of hydrogen-bond acceptors (Lipinski definition) is 5. The Morgan fingerprint density at radius 3 is 2.14 bits per heavy atom. The summed E-state index contributed by atoms with van der Waals surface area (Å²) in [5.74, 6) is -0.422. The van der Waals surface area contributed by atoms with Gasteiger partial charge in [0.05, 0.1) is 7.11 Å². The Balaban J connectivity index is 1.99. The predicted molar refractivity (Wildman–Crippen MR) is 108 cm³/mol. The van der Waals surface area contributed by atoms with Gasteiger partial charge in [-0.3, -0.25) is 9.00 Å². The monoisotopic (exact) mass is 403 g/mol. The van der Waals surface area contributed by atoms with Crippen LogP contribution in [0.4, 0.5) is 4.79 Å². The van der Waals surface area contributed by atoms with Gasteiger partial charge in [-0.15, -0.1) is 0 Å². The van der Waals surface area contributed by atoms with Crippen molar-refractivity contribution < 1.29 is 23.3 Å². The van der Waals surface area contributed by atoms with Gasteiger partial charge in [0.2, 0.25) is 0 Å². The molecule has 1 amide bonds. The molecule has 2 rings (SSSR count). The number of carbonyl (C=O) groups excluding carboxylic acids is 2. The largest absolute Gasteiger partial charge is 0.468 e. The maximum absolute atomic E-state index is 12.5. The SMILES string of the molecule is COC(=O)[C@@H](C)S(=O)C[C@H](Cc1ccccc1)NC(=O)OCc1ccccc1. The minimum atomic E-state index is -1.50. The summed E-state index contributed by atoms with van der Waals surface area (Å²) in [4.78, 5) is 23.9. The first kappa shape index (κ1) is 21.6. The standard InChI is InChI=1S/C21H25NO5S/c1-16(20(23)26-2)28(25)15-19(13-17-9-5-3-6-10-17)22-21(24)27-14-18-11-7-4-8-12-18/h3-12,16,19H,13-15H2,1-2H3,(H,22,24)/t16-,19+,28?/m1/s1. The minimum absolute atomic E-state index is 0.117. The van der Waals surface area contributed by atoms with Crippen LogP contribution in [0.3, 0.4) is 0 Å². The van der Waals surface area contributed by atoms with Crippen LogP contribution in [0.1, 0.15) is 18.1 Å². The van der Waals surface area contributed by atoms with Gasteiger partial charge < -0.3 is 14.8 Å². The zero-order chi connectivity index (χ0) is 20.4. The van der Waals surface area contributed by atoms with Crippen molar-refractivity contribution in [3.63, 3.8) is 0 Å². The minimum Gasteiger partial charge on any atom is -0.468 e. The molecule has 0 radical (unpaired) electrons. The van der Waals surface area contributed by atoms with Crippen molar-refractivity contribution in [2.24, 2.45) is 0 Å². The van der Waals surface area contributed by atoms with Gasteiger partial charge in [0.25, 0.3) is 0 Å². The molecule has 2 aromatic carbocycles. The molecule has 0 bridgehead atoms. The molecule has 7 heteroatoms. The highest BCUT2D eigenvalue weighted by Gasteiger charge is 2.25. The highest BCUT2D eigenvalue weighted by Crippen LogP contribution is 2.09. The molecule has 0 heterocycles. The first-order valence-electron chi connectivity index (χ1n) is 8.95. The summed E-state index contributed by atoms with van der Waals surface area (Å²) < 4.78 is 22.4. The van der Waals surface area contributed by atoms with E-state index in [1.807, 2.05) is 60.7 Å². The number of methoxy groups -OCH3 is 1. The van der Waals surface area contributed by atoms with Gasteiger partial charge in [0.15, 0.2) is 0 Å². The third kappa shape index (κ3) is 7.15. The van der Waals surface area contributed by atoms with E-state index in [9.17, 15) is 13.8 Å². The topological polar surface area (TPSA) is 81.7 Å². The van der Waals surface area contributed by atoms with E-state index in [-0.39, 0.29) is 12.4 Å². The molecule has 0 aliphatic rings. The van der Waals surface area contributed by atoms with Gasteiger partial charge in [-0.1, -0.05) is 60.7 Å². The fourth-order valence-electron chi connectivity index (χ4n) is 2.60. The van der Waals surface area contributed by atoms with Crippen LogP contribution in [-0.4, -0.2) is 40.4 Å². The van der Waals surface area contributed by atoms with Crippen molar-refractivity contribution in [2.45, 2.75) is 31.2 Å². The molecule has 1 unspecified atom stereocenters. The van der Waals surface area contributed by atoms with Gasteiger partial charge in [-0.05, 0) is 24.5 Å². The third-order valence-electron chi connectivity index (χ3n) is 4.15. The van der Waals surface area contributed by atoms with E-state index in [1.165, 1.54) is 7.11 Å². The molecule has 2 aromatic rings. The lowest BCUT2D eigenvalue weighted by Crippen LogP contribution is -2.42. The fourth-order valence-corrected chi connectivity index (χ4v) is 3.79. The number of alkyl carbamates (subject to hydrolysis) is 1. The maximum atomic E-state index is 12.5. The van der Waals surface area contributed by atoms with Gasteiger partial charge in [0, 0.05) is 22.6 Å². The number of amides is 1. The van der Waals surface area contributed by atoms with Crippen molar-refractivity contribution in [2.75, 3.05) is 12.9 Å². The van der Waals surface area contributed by atoms with Gasteiger partial charge >= 0.3 is 12.1 Å². The Morgan fingerprint density at radius 1 is 1.00 bits per heavy atom. The molecule has 0 aromatic heterocycles. The van der Waals surface area contributed by atoms with Crippen LogP contribution in [0.2, 0.25) is 0 Å². The average Bonchev–Trinajstić information content (AvgIpc) is 2.72. The molecule has 150 valence electrons. The van der Waals surface area contributed by atoms with Crippen molar-refractivity contribution >= 4 is 22.9 Å². The molecule has 0 aliphatic carbocycles. The summed E-state index contributed by atoms with van der Waals surface area (Å²) in [6.45, 7) is 1.70. The molecule has 1 N–H and O–H groups in total. The van der Waals surface area contributed by atoms with Crippen LogP contribution in [0, 0.1) is 0 Å². The molecule has 0 fully saturated rings. The second-order valence-electron chi connectivity index (χ2n) is 6.31. The normalized spacial score (nSPS) is 13.8. The molecular weight excluding hydrogens is 378 g/mol. The third-order valence-corrected chi connectivity index (χ3v) is 5.86. The zero-order valence-electron chi connectivity index (χ0n) is 16.0. The summed E-state index contributed by atoms with van der Waals surface area (Å²) in [5, 5.41) is 2.00. The second-order valence-corrected chi connectivity index (χ2v) is 8.11. The summed E-state index contributed by atoms with van der Waals surface area (Å²) in [6, 6.07) is 18.4. The summed E-state index contributed by atoms with van der Waals surface area (Å²) in [7, 11) is -0.239. The molecule has 3 atom stereocenters.